The van der Waals surface area contributed by atoms with E-state index in [9.17, 15) is 0 Å². The summed E-state index contributed by atoms with van der Waals surface area (Å²) in [4.78, 5) is 0. The summed E-state index contributed by atoms with van der Waals surface area (Å²) in [5, 5.41) is 21.9. The molecule has 0 aliphatic rings. The monoisotopic (exact) mass is 804 g/mol. The lowest BCUT2D eigenvalue weighted by Gasteiger charge is -2.27. The molecule has 46 heavy (non-hydrogen) atoms. The predicted molar refractivity (Wildman–Crippen MR) is 216 cm³/mol. The third-order valence-corrected chi connectivity index (χ3v) is 12.7. The molecule has 11 rings (SSSR count). The molecule has 0 saturated carbocycles. The third kappa shape index (κ3) is 3.05. The van der Waals surface area contributed by atoms with E-state index in [0.717, 1.165) is 0 Å². The molecule has 0 saturated heterocycles. The SMILES string of the molecule is Ic1c(-c2ccccc2)c2c3ccccc3c3ccc4c(I)c(-c5ccccc5)c5c6ccccc6c6ccc1c1c6c5c4c3c21. The number of halogens is 2. The zero-order chi connectivity index (χ0) is 30.3. The minimum atomic E-state index is 1.27. The van der Waals surface area contributed by atoms with E-state index >= 15 is 0 Å². The first-order valence-electron chi connectivity index (χ1n) is 15.7. The summed E-state index contributed by atoms with van der Waals surface area (Å²) in [5.41, 5.74) is 5.23. The topological polar surface area (TPSA) is 0 Å². The maximum absolute atomic E-state index is 2.65. The number of hydrogen-bond acceptors (Lipinski definition) is 0. The van der Waals surface area contributed by atoms with Crippen LogP contribution in [0.5, 0.6) is 0 Å². The fourth-order valence-electron chi connectivity index (χ4n) is 8.71. The average molecular weight is 804 g/mol. The van der Waals surface area contributed by atoms with Crippen LogP contribution in [-0.4, -0.2) is 0 Å². The molecule has 0 fully saturated rings. The fraction of sp³-hybridized carbons (Fsp3) is 0. The van der Waals surface area contributed by atoms with Crippen LogP contribution in [0.3, 0.4) is 0 Å². The van der Waals surface area contributed by atoms with Gasteiger partial charge < -0.3 is 0 Å². The molecule has 212 valence electrons. The summed E-state index contributed by atoms with van der Waals surface area (Å²) >= 11 is 5.30. The first-order chi connectivity index (χ1) is 22.7. The predicted octanol–water partition coefficient (Wildman–Crippen LogP) is 13.8. The molecule has 0 radical (unpaired) electrons. The van der Waals surface area contributed by atoms with Gasteiger partial charge in [0.2, 0.25) is 0 Å². The quantitative estimate of drug-likeness (QED) is 0.0928. The van der Waals surface area contributed by atoms with Gasteiger partial charge >= 0.3 is 0 Å². The normalized spacial score (nSPS) is 12.6. The minimum Gasteiger partial charge on any atom is -0.0622 e. The van der Waals surface area contributed by atoms with E-state index in [1.165, 1.54) is 116 Å². The number of benzene rings is 11. The van der Waals surface area contributed by atoms with Crippen LogP contribution in [0, 0.1) is 7.14 Å². The first kappa shape index (κ1) is 25.9. The summed E-state index contributed by atoms with van der Waals surface area (Å²) < 4.78 is 2.65. The smallest absolute Gasteiger partial charge is 0.0294 e. The summed E-state index contributed by atoms with van der Waals surface area (Å²) in [6, 6.07) is 49.9. The van der Waals surface area contributed by atoms with E-state index < -0.39 is 0 Å². The van der Waals surface area contributed by atoms with Gasteiger partial charge in [-0.1, -0.05) is 133 Å². The lowest BCUT2D eigenvalue weighted by molar-refractivity contribution is 1.65. The van der Waals surface area contributed by atoms with Crippen LogP contribution in [0.15, 0.2) is 133 Å². The molecule has 2 heteroatoms. The second-order valence-electron chi connectivity index (χ2n) is 12.5. The van der Waals surface area contributed by atoms with Crippen molar-refractivity contribution < 1.29 is 0 Å². The van der Waals surface area contributed by atoms with Crippen LogP contribution < -0.4 is 0 Å². The maximum atomic E-state index is 2.65. The van der Waals surface area contributed by atoms with E-state index in [1.54, 1.807) is 0 Å². The first-order valence-corrected chi connectivity index (χ1v) is 17.8. The standard InChI is InChI=1S/C44H22I2/c45-43-31-21-19-30-26-16-8-10-18-28(26)36-34(24-13-5-2-6-14-24)44(46)32-22-20-29-25-15-7-9-17-27(25)35(33(43)23-11-3-1-4-12-23)41-37(29)40(32)42(36)38(30)39(31)41/h1-22H. The molecule has 0 heterocycles. The lowest BCUT2D eigenvalue weighted by Crippen LogP contribution is -2.00. The van der Waals surface area contributed by atoms with Gasteiger partial charge in [-0.3, -0.25) is 0 Å². The zero-order valence-corrected chi connectivity index (χ0v) is 28.8. The summed E-state index contributed by atoms with van der Waals surface area (Å²) in [6.45, 7) is 0. The molecule has 0 N–H and O–H groups in total. The van der Waals surface area contributed by atoms with Crippen LogP contribution in [-0.2, 0) is 0 Å². The molecular formula is C44H22I2. The Morgan fingerprint density at radius 3 is 0.957 bits per heavy atom. The van der Waals surface area contributed by atoms with E-state index in [1.807, 2.05) is 0 Å². The van der Waals surface area contributed by atoms with Crippen LogP contribution >= 0.6 is 45.2 Å². The van der Waals surface area contributed by atoms with E-state index in [4.69, 9.17) is 0 Å². The molecule has 11 aromatic carbocycles. The Hall–Kier alpha value is -4.26. The fourth-order valence-corrected chi connectivity index (χ4v) is 10.8. The van der Waals surface area contributed by atoms with Gasteiger partial charge in [0.1, 0.15) is 0 Å². The Balaban J connectivity index is 1.58. The summed E-state index contributed by atoms with van der Waals surface area (Å²) in [5.74, 6) is 0. The highest BCUT2D eigenvalue weighted by molar-refractivity contribution is 14.1. The Morgan fingerprint density at radius 1 is 0.239 bits per heavy atom. The number of hydrogen-bond donors (Lipinski definition) is 0. The van der Waals surface area contributed by atoms with E-state index in [-0.39, 0.29) is 0 Å². The molecule has 0 bridgehead atoms. The van der Waals surface area contributed by atoms with Crippen LogP contribution in [0.1, 0.15) is 0 Å². The number of fused-ring (bicyclic) bond motifs is 6. The van der Waals surface area contributed by atoms with Crippen LogP contribution in [0.25, 0.3) is 108 Å². The van der Waals surface area contributed by atoms with Gasteiger partial charge in [-0.2, -0.15) is 0 Å². The van der Waals surface area contributed by atoms with Crippen LogP contribution in [0.4, 0.5) is 0 Å². The van der Waals surface area contributed by atoms with Gasteiger partial charge in [-0.05, 0) is 142 Å². The molecule has 11 aromatic rings. The van der Waals surface area contributed by atoms with Crippen molar-refractivity contribution in [3.8, 4) is 22.3 Å². The molecule has 0 atom stereocenters. The summed E-state index contributed by atoms with van der Waals surface area (Å²) in [7, 11) is 0. The van der Waals surface area contributed by atoms with Crippen molar-refractivity contribution in [1.82, 2.24) is 0 Å². The Labute approximate surface area is 291 Å². The molecule has 0 amide bonds. The zero-order valence-electron chi connectivity index (χ0n) is 24.5. The molecule has 0 aliphatic carbocycles. The average Bonchev–Trinajstić information content (AvgIpc) is 3.12. The third-order valence-electron chi connectivity index (χ3n) is 10.4. The molecule has 0 spiro atoms. The van der Waals surface area contributed by atoms with Gasteiger partial charge in [-0.15, -0.1) is 0 Å². The minimum absolute atomic E-state index is 1.27. The van der Waals surface area contributed by atoms with E-state index in [2.05, 4.69) is 179 Å². The van der Waals surface area contributed by atoms with Crippen molar-refractivity contribution in [3.63, 3.8) is 0 Å². The van der Waals surface area contributed by atoms with Crippen molar-refractivity contribution in [2.75, 3.05) is 0 Å². The largest absolute Gasteiger partial charge is 0.0622 e. The molecule has 0 nitrogen and oxygen atoms in total. The Morgan fingerprint density at radius 2 is 0.543 bits per heavy atom. The molecule has 0 aromatic heterocycles. The summed E-state index contributed by atoms with van der Waals surface area (Å²) in [6.07, 6.45) is 0. The van der Waals surface area contributed by atoms with Gasteiger partial charge in [-0.25, -0.2) is 0 Å². The van der Waals surface area contributed by atoms with Crippen molar-refractivity contribution in [3.05, 3.63) is 141 Å². The van der Waals surface area contributed by atoms with Crippen molar-refractivity contribution >= 4 is 131 Å². The lowest BCUT2D eigenvalue weighted by atomic mass is 9.77. The van der Waals surface area contributed by atoms with Gasteiger partial charge in [0.05, 0.1) is 0 Å². The van der Waals surface area contributed by atoms with Crippen molar-refractivity contribution in [2.45, 2.75) is 0 Å². The molecular weight excluding hydrogens is 782 g/mol. The van der Waals surface area contributed by atoms with E-state index in [0.29, 0.717) is 0 Å². The van der Waals surface area contributed by atoms with Crippen molar-refractivity contribution in [1.29, 1.82) is 0 Å². The second-order valence-corrected chi connectivity index (χ2v) is 14.7. The Kier molecular flexibility index (Phi) is 5.16. The highest BCUT2D eigenvalue weighted by Crippen LogP contribution is 2.57. The highest BCUT2D eigenvalue weighted by atomic mass is 127. The molecule has 0 unspecified atom stereocenters. The number of rotatable bonds is 2. The van der Waals surface area contributed by atoms with Crippen LogP contribution in [0.2, 0.25) is 0 Å². The second kappa shape index (κ2) is 9.18. The highest BCUT2D eigenvalue weighted by Gasteiger charge is 2.29. The van der Waals surface area contributed by atoms with Gasteiger partial charge in [0.15, 0.2) is 0 Å². The Bertz CT molecular complexity index is 2800. The van der Waals surface area contributed by atoms with Gasteiger partial charge in [0, 0.05) is 18.3 Å². The maximum Gasteiger partial charge on any atom is 0.0294 e. The van der Waals surface area contributed by atoms with Gasteiger partial charge in [0.25, 0.3) is 0 Å². The van der Waals surface area contributed by atoms with Crippen molar-refractivity contribution in [2.24, 2.45) is 0 Å². The molecule has 0 aliphatic heterocycles.